The van der Waals surface area contributed by atoms with E-state index >= 15 is 0 Å². The Labute approximate surface area is 156 Å². The lowest BCUT2D eigenvalue weighted by Crippen LogP contribution is -2.43. The summed E-state index contributed by atoms with van der Waals surface area (Å²) in [6.07, 6.45) is 1.30. The van der Waals surface area contributed by atoms with E-state index in [1.807, 2.05) is 30.3 Å². The largest absolute Gasteiger partial charge is 0.497 e. The number of rotatable bonds is 3. The van der Waals surface area contributed by atoms with E-state index in [4.69, 9.17) is 9.47 Å². The van der Waals surface area contributed by atoms with Crippen molar-refractivity contribution in [2.75, 3.05) is 26.8 Å². The molecule has 6 nitrogen and oxygen atoms in total. The minimum Gasteiger partial charge on any atom is -0.497 e. The Hall–Kier alpha value is -3.12. The molecular weight excluding hydrogens is 344 g/mol. The van der Waals surface area contributed by atoms with Crippen LogP contribution in [0.3, 0.4) is 0 Å². The van der Waals surface area contributed by atoms with Crippen LogP contribution >= 0.6 is 0 Å². The van der Waals surface area contributed by atoms with E-state index in [9.17, 15) is 9.59 Å². The Morgan fingerprint density at radius 1 is 1.22 bits per heavy atom. The van der Waals surface area contributed by atoms with E-state index in [0.717, 1.165) is 5.56 Å². The number of nitrogens with zero attached hydrogens (tertiary/aromatic N) is 1. The van der Waals surface area contributed by atoms with Gasteiger partial charge < -0.3 is 19.4 Å². The van der Waals surface area contributed by atoms with E-state index in [2.05, 4.69) is 4.98 Å². The summed E-state index contributed by atoms with van der Waals surface area (Å²) in [5.41, 5.74) is 1.52. The summed E-state index contributed by atoms with van der Waals surface area (Å²) in [5.74, 6) is 0.370. The van der Waals surface area contributed by atoms with Gasteiger partial charge in [0.05, 0.1) is 25.8 Å². The lowest BCUT2D eigenvalue weighted by Gasteiger charge is -2.33. The van der Waals surface area contributed by atoms with Crippen LogP contribution in [0, 0.1) is 0 Å². The third kappa shape index (κ3) is 3.31. The fourth-order valence-corrected chi connectivity index (χ4v) is 3.36. The molecule has 6 heteroatoms. The predicted molar refractivity (Wildman–Crippen MR) is 102 cm³/mol. The molecule has 138 valence electrons. The van der Waals surface area contributed by atoms with E-state index in [1.54, 1.807) is 30.2 Å². The zero-order chi connectivity index (χ0) is 18.8. The first-order chi connectivity index (χ1) is 13.2. The lowest BCUT2D eigenvalue weighted by molar-refractivity contribution is -0.0228. The van der Waals surface area contributed by atoms with E-state index in [0.29, 0.717) is 36.3 Å². The SMILES string of the molecule is COc1ccc2c(=O)c(C(=O)N3CCO[C@H](c4ccccc4)C3)c[nH]c2c1. The molecule has 2 aromatic carbocycles. The van der Waals surface area contributed by atoms with Crippen LogP contribution in [0.25, 0.3) is 10.9 Å². The summed E-state index contributed by atoms with van der Waals surface area (Å²) in [6, 6.07) is 14.9. The topological polar surface area (TPSA) is 71.6 Å². The zero-order valence-corrected chi connectivity index (χ0v) is 15.0. The molecule has 2 heterocycles. The predicted octanol–water partition coefficient (Wildman–Crippen LogP) is 2.75. The Bertz CT molecular complexity index is 1030. The number of aromatic nitrogens is 1. The highest BCUT2D eigenvalue weighted by molar-refractivity contribution is 5.97. The van der Waals surface area contributed by atoms with Gasteiger partial charge in [0, 0.05) is 24.2 Å². The van der Waals surface area contributed by atoms with Gasteiger partial charge in [-0.3, -0.25) is 9.59 Å². The number of hydrogen-bond donors (Lipinski definition) is 1. The highest BCUT2D eigenvalue weighted by Crippen LogP contribution is 2.23. The van der Waals surface area contributed by atoms with Crippen LogP contribution in [0.5, 0.6) is 5.75 Å². The monoisotopic (exact) mass is 364 g/mol. The van der Waals surface area contributed by atoms with Crippen molar-refractivity contribution in [2.45, 2.75) is 6.10 Å². The molecule has 1 atom stereocenters. The fourth-order valence-electron chi connectivity index (χ4n) is 3.36. The van der Waals surface area contributed by atoms with Crippen LogP contribution in [-0.4, -0.2) is 42.6 Å². The third-order valence-corrected chi connectivity index (χ3v) is 4.84. The first kappa shape index (κ1) is 17.3. The standard InChI is InChI=1S/C21H20N2O4/c1-26-15-7-8-16-18(11-15)22-12-17(20(16)24)21(25)23-9-10-27-19(13-23)14-5-3-2-4-6-14/h2-8,11-12,19H,9-10,13H2,1H3,(H,22,24)/t19-/m0/s1. The van der Waals surface area contributed by atoms with E-state index < -0.39 is 0 Å². The molecule has 1 fully saturated rings. The Morgan fingerprint density at radius 3 is 2.81 bits per heavy atom. The maximum atomic E-state index is 13.0. The second-order valence-electron chi connectivity index (χ2n) is 6.46. The van der Waals surface area contributed by atoms with Crippen molar-refractivity contribution in [3.05, 3.63) is 76.1 Å². The lowest BCUT2D eigenvalue weighted by atomic mass is 10.1. The number of pyridine rings is 1. The van der Waals surface area contributed by atoms with Gasteiger partial charge in [-0.1, -0.05) is 30.3 Å². The maximum absolute atomic E-state index is 13.0. The number of amides is 1. The second kappa shape index (κ2) is 7.25. The summed E-state index contributed by atoms with van der Waals surface area (Å²) in [4.78, 5) is 30.5. The number of carbonyl (C=O) groups is 1. The number of H-pyrrole nitrogens is 1. The van der Waals surface area contributed by atoms with Gasteiger partial charge in [0.25, 0.3) is 5.91 Å². The highest BCUT2D eigenvalue weighted by atomic mass is 16.5. The van der Waals surface area contributed by atoms with Gasteiger partial charge >= 0.3 is 0 Å². The van der Waals surface area contributed by atoms with Gasteiger partial charge in [-0.25, -0.2) is 0 Å². The van der Waals surface area contributed by atoms with Gasteiger partial charge in [-0.2, -0.15) is 0 Å². The van der Waals surface area contributed by atoms with Gasteiger partial charge in [0.15, 0.2) is 0 Å². The second-order valence-corrected chi connectivity index (χ2v) is 6.46. The Kier molecular flexibility index (Phi) is 4.64. The summed E-state index contributed by atoms with van der Waals surface area (Å²) in [5, 5.41) is 0.467. The quantitative estimate of drug-likeness (QED) is 0.776. The van der Waals surface area contributed by atoms with Crippen molar-refractivity contribution in [2.24, 2.45) is 0 Å². The molecule has 1 aliphatic rings. The molecule has 1 saturated heterocycles. The number of nitrogens with one attached hydrogen (secondary N) is 1. The van der Waals surface area contributed by atoms with Crippen LogP contribution in [0.4, 0.5) is 0 Å². The molecule has 0 saturated carbocycles. The van der Waals surface area contributed by atoms with Crippen molar-refractivity contribution in [1.82, 2.24) is 9.88 Å². The van der Waals surface area contributed by atoms with E-state index in [-0.39, 0.29) is 23.0 Å². The van der Waals surface area contributed by atoms with Crippen LogP contribution in [0.1, 0.15) is 22.0 Å². The van der Waals surface area contributed by atoms with Crippen molar-refractivity contribution >= 4 is 16.8 Å². The molecule has 0 unspecified atom stereocenters. The molecule has 0 aliphatic carbocycles. The summed E-state index contributed by atoms with van der Waals surface area (Å²) in [7, 11) is 1.57. The number of carbonyl (C=O) groups excluding carboxylic acids is 1. The molecule has 1 aliphatic heterocycles. The van der Waals surface area contributed by atoms with Gasteiger partial charge in [0.2, 0.25) is 5.43 Å². The minimum absolute atomic E-state index is 0.140. The molecule has 27 heavy (non-hydrogen) atoms. The molecule has 0 radical (unpaired) electrons. The third-order valence-electron chi connectivity index (χ3n) is 4.84. The number of hydrogen-bond acceptors (Lipinski definition) is 4. The van der Waals surface area contributed by atoms with Crippen molar-refractivity contribution in [3.63, 3.8) is 0 Å². The molecule has 3 aromatic rings. The van der Waals surface area contributed by atoms with E-state index in [1.165, 1.54) is 6.20 Å². The normalized spacial score (nSPS) is 17.1. The fraction of sp³-hybridized carbons (Fsp3) is 0.238. The molecule has 1 amide bonds. The smallest absolute Gasteiger partial charge is 0.259 e. The molecule has 4 rings (SSSR count). The Balaban J connectivity index is 1.62. The first-order valence-electron chi connectivity index (χ1n) is 8.82. The van der Waals surface area contributed by atoms with Crippen LogP contribution < -0.4 is 10.2 Å². The highest BCUT2D eigenvalue weighted by Gasteiger charge is 2.27. The average molecular weight is 364 g/mol. The van der Waals surface area contributed by atoms with Crippen molar-refractivity contribution < 1.29 is 14.3 Å². The van der Waals surface area contributed by atoms with Crippen molar-refractivity contribution in [1.29, 1.82) is 0 Å². The van der Waals surface area contributed by atoms with Gasteiger partial charge in [-0.15, -0.1) is 0 Å². The molecular formula is C21H20N2O4. The summed E-state index contributed by atoms with van der Waals surface area (Å²) < 4.78 is 11.0. The number of morpholine rings is 1. The van der Waals surface area contributed by atoms with Gasteiger partial charge in [0.1, 0.15) is 17.4 Å². The van der Waals surface area contributed by atoms with Crippen molar-refractivity contribution in [3.8, 4) is 5.75 Å². The number of ether oxygens (including phenoxy) is 2. The molecule has 1 aromatic heterocycles. The van der Waals surface area contributed by atoms with Crippen LogP contribution in [0.2, 0.25) is 0 Å². The first-order valence-corrected chi connectivity index (χ1v) is 8.82. The number of fused-ring (bicyclic) bond motifs is 1. The number of methoxy groups -OCH3 is 1. The molecule has 0 bridgehead atoms. The van der Waals surface area contributed by atoms with Crippen LogP contribution in [-0.2, 0) is 4.74 Å². The number of benzene rings is 2. The number of aromatic amines is 1. The average Bonchev–Trinajstić information content (AvgIpc) is 2.74. The summed E-state index contributed by atoms with van der Waals surface area (Å²) in [6.45, 7) is 1.32. The zero-order valence-electron chi connectivity index (χ0n) is 15.0. The summed E-state index contributed by atoms with van der Waals surface area (Å²) >= 11 is 0. The minimum atomic E-state index is -0.279. The van der Waals surface area contributed by atoms with Gasteiger partial charge in [-0.05, 0) is 17.7 Å². The van der Waals surface area contributed by atoms with Crippen LogP contribution in [0.15, 0.2) is 59.5 Å². The Morgan fingerprint density at radius 2 is 2.04 bits per heavy atom. The maximum Gasteiger partial charge on any atom is 0.259 e. The molecule has 1 N–H and O–H groups in total. The molecule has 0 spiro atoms.